The topological polar surface area (TPSA) is 18.5 Å². The minimum absolute atomic E-state index is 0.0548. The first kappa shape index (κ1) is 16.0. The summed E-state index contributed by atoms with van der Waals surface area (Å²) in [5.74, 6) is 0. The lowest BCUT2D eigenvalue weighted by Crippen LogP contribution is -2.41. The van der Waals surface area contributed by atoms with E-state index in [1.54, 1.807) is 0 Å². The third-order valence-corrected chi connectivity index (χ3v) is 4.13. The fourth-order valence-electron chi connectivity index (χ4n) is 2.20. The molecule has 4 heteroatoms. The monoisotopic (exact) mass is 258 g/mol. The molecule has 0 spiro atoms. The summed E-state index contributed by atoms with van der Waals surface area (Å²) in [5, 5.41) is 0. The summed E-state index contributed by atoms with van der Waals surface area (Å²) in [7, 11) is -0.0548. The quantitative estimate of drug-likeness (QED) is 0.475. The number of hydrogen-bond donors (Lipinski definition) is 0. The van der Waals surface area contributed by atoms with Gasteiger partial charge in [-0.1, -0.05) is 32.1 Å². The van der Waals surface area contributed by atoms with E-state index in [1.807, 2.05) is 0 Å². The van der Waals surface area contributed by atoms with Crippen LogP contribution in [0, 0.1) is 0 Å². The van der Waals surface area contributed by atoms with Crippen LogP contribution in [0.2, 0.25) is 6.32 Å². The SMILES string of the molecule is CC1(C)OB(CCCCCCCCF)OC1(C)C. The van der Waals surface area contributed by atoms with E-state index in [0.29, 0.717) is 0 Å². The summed E-state index contributed by atoms with van der Waals surface area (Å²) in [4.78, 5) is 0. The van der Waals surface area contributed by atoms with Crippen molar-refractivity contribution in [2.75, 3.05) is 6.67 Å². The Morgan fingerprint density at radius 1 is 0.778 bits per heavy atom. The highest BCUT2D eigenvalue weighted by molar-refractivity contribution is 6.45. The maximum absolute atomic E-state index is 11.9. The smallest absolute Gasteiger partial charge is 0.403 e. The lowest BCUT2D eigenvalue weighted by atomic mass is 9.82. The highest BCUT2D eigenvalue weighted by Gasteiger charge is 2.50. The van der Waals surface area contributed by atoms with Gasteiger partial charge in [0.1, 0.15) is 0 Å². The highest BCUT2D eigenvalue weighted by Crippen LogP contribution is 2.38. The summed E-state index contributed by atoms with van der Waals surface area (Å²) >= 11 is 0. The number of unbranched alkanes of at least 4 members (excludes halogenated alkanes) is 5. The normalized spacial score (nSPS) is 21.5. The molecule has 0 aliphatic carbocycles. The van der Waals surface area contributed by atoms with Crippen LogP contribution in [0.5, 0.6) is 0 Å². The zero-order valence-corrected chi connectivity index (χ0v) is 12.4. The molecule has 1 aliphatic rings. The Labute approximate surface area is 112 Å². The Morgan fingerprint density at radius 2 is 1.22 bits per heavy atom. The standard InChI is InChI=1S/C14H28BFO2/c1-13(2)14(3,4)18-15(17-13)11-9-7-5-6-8-10-12-16/h5-12H2,1-4H3. The van der Waals surface area contributed by atoms with Crippen molar-refractivity contribution >= 4 is 7.12 Å². The molecule has 1 rings (SSSR count). The van der Waals surface area contributed by atoms with Gasteiger partial charge in [0, 0.05) is 0 Å². The van der Waals surface area contributed by atoms with Crippen molar-refractivity contribution in [2.45, 2.75) is 83.7 Å². The molecule has 0 bridgehead atoms. The molecule has 0 amide bonds. The molecule has 106 valence electrons. The van der Waals surface area contributed by atoms with E-state index in [4.69, 9.17) is 9.31 Å². The first-order valence-corrected chi connectivity index (χ1v) is 7.31. The van der Waals surface area contributed by atoms with Crippen molar-refractivity contribution in [2.24, 2.45) is 0 Å². The van der Waals surface area contributed by atoms with E-state index in [9.17, 15) is 4.39 Å². The van der Waals surface area contributed by atoms with E-state index in [0.717, 1.165) is 32.0 Å². The Kier molecular flexibility index (Phi) is 6.12. The van der Waals surface area contributed by atoms with Crippen molar-refractivity contribution in [3.8, 4) is 0 Å². The molecule has 1 fully saturated rings. The van der Waals surface area contributed by atoms with E-state index in [1.165, 1.54) is 12.8 Å². The summed E-state index contributed by atoms with van der Waals surface area (Å²) in [5.41, 5.74) is -0.419. The number of rotatable bonds is 8. The minimum atomic E-state index is -0.210. The molecule has 2 nitrogen and oxygen atoms in total. The molecule has 0 aromatic heterocycles. The average molecular weight is 258 g/mol. The zero-order valence-electron chi connectivity index (χ0n) is 12.4. The van der Waals surface area contributed by atoms with Crippen molar-refractivity contribution < 1.29 is 13.7 Å². The van der Waals surface area contributed by atoms with Crippen molar-refractivity contribution in [1.29, 1.82) is 0 Å². The highest BCUT2D eigenvalue weighted by atomic mass is 19.1. The summed E-state index contributed by atoms with van der Waals surface area (Å²) in [6.45, 7) is 8.18. The van der Waals surface area contributed by atoms with Gasteiger partial charge in [0.2, 0.25) is 0 Å². The van der Waals surface area contributed by atoms with Crippen molar-refractivity contribution in [1.82, 2.24) is 0 Å². The van der Waals surface area contributed by atoms with E-state index >= 15 is 0 Å². The second-order valence-electron chi connectivity index (χ2n) is 6.28. The van der Waals surface area contributed by atoms with Crippen LogP contribution in [0.1, 0.15) is 66.2 Å². The first-order chi connectivity index (χ1) is 8.39. The average Bonchev–Trinajstić information content (AvgIpc) is 2.46. The molecule has 18 heavy (non-hydrogen) atoms. The molecule has 0 saturated carbocycles. The fraction of sp³-hybridized carbons (Fsp3) is 1.00. The lowest BCUT2D eigenvalue weighted by Gasteiger charge is -2.32. The van der Waals surface area contributed by atoms with Crippen LogP contribution in [0.15, 0.2) is 0 Å². The molecule has 0 aromatic rings. The summed E-state index contributed by atoms with van der Waals surface area (Å²) < 4.78 is 23.8. The van der Waals surface area contributed by atoms with Crippen molar-refractivity contribution in [3.05, 3.63) is 0 Å². The van der Waals surface area contributed by atoms with Gasteiger partial charge in [-0.15, -0.1) is 0 Å². The molecule has 0 aromatic carbocycles. The van der Waals surface area contributed by atoms with Gasteiger partial charge in [0.15, 0.2) is 0 Å². The minimum Gasteiger partial charge on any atom is -0.403 e. The van der Waals surface area contributed by atoms with Gasteiger partial charge in [-0.2, -0.15) is 0 Å². The summed E-state index contributed by atoms with van der Waals surface area (Å²) in [6, 6.07) is 0. The largest absolute Gasteiger partial charge is 0.457 e. The van der Waals surface area contributed by atoms with Gasteiger partial charge in [0.05, 0.1) is 17.9 Å². The lowest BCUT2D eigenvalue weighted by molar-refractivity contribution is 0.00578. The van der Waals surface area contributed by atoms with Gasteiger partial charge in [0.25, 0.3) is 0 Å². The second-order valence-corrected chi connectivity index (χ2v) is 6.28. The van der Waals surface area contributed by atoms with Crippen molar-refractivity contribution in [3.63, 3.8) is 0 Å². The van der Waals surface area contributed by atoms with Gasteiger partial charge >= 0.3 is 7.12 Å². The van der Waals surface area contributed by atoms with Crippen LogP contribution in [-0.2, 0) is 9.31 Å². The Balaban J connectivity index is 2.08. The number of alkyl halides is 1. The Bertz CT molecular complexity index is 228. The molecular weight excluding hydrogens is 230 g/mol. The van der Waals surface area contributed by atoms with Crippen LogP contribution < -0.4 is 0 Å². The summed E-state index contributed by atoms with van der Waals surface area (Å²) in [6.07, 6.45) is 7.37. The van der Waals surface area contributed by atoms with Crippen LogP contribution in [-0.4, -0.2) is 25.0 Å². The van der Waals surface area contributed by atoms with E-state index in [2.05, 4.69) is 27.7 Å². The number of halogens is 1. The third-order valence-electron chi connectivity index (χ3n) is 4.13. The van der Waals surface area contributed by atoms with E-state index in [-0.39, 0.29) is 25.0 Å². The molecule has 1 heterocycles. The van der Waals surface area contributed by atoms with Crippen LogP contribution in [0.3, 0.4) is 0 Å². The molecule has 1 saturated heterocycles. The maximum Gasteiger partial charge on any atom is 0.457 e. The maximum atomic E-state index is 11.9. The van der Waals surface area contributed by atoms with Gasteiger partial charge < -0.3 is 9.31 Å². The fourth-order valence-corrected chi connectivity index (χ4v) is 2.20. The van der Waals surface area contributed by atoms with Gasteiger partial charge in [-0.25, -0.2) is 0 Å². The predicted octanol–water partition coefficient (Wildman–Crippen LogP) is 4.39. The first-order valence-electron chi connectivity index (χ1n) is 7.31. The molecule has 0 atom stereocenters. The van der Waals surface area contributed by atoms with E-state index < -0.39 is 0 Å². The van der Waals surface area contributed by atoms with Gasteiger partial charge in [-0.3, -0.25) is 4.39 Å². The van der Waals surface area contributed by atoms with Crippen LogP contribution in [0.25, 0.3) is 0 Å². The molecular formula is C14H28BFO2. The van der Waals surface area contributed by atoms with Crippen LogP contribution >= 0.6 is 0 Å². The third kappa shape index (κ3) is 4.54. The second kappa shape index (κ2) is 6.90. The Hall–Kier alpha value is -0.0851. The molecule has 0 N–H and O–H groups in total. The predicted molar refractivity (Wildman–Crippen MR) is 74.6 cm³/mol. The van der Waals surface area contributed by atoms with Crippen LogP contribution in [0.4, 0.5) is 4.39 Å². The Morgan fingerprint density at radius 3 is 1.72 bits per heavy atom. The zero-order chi connectivity index (χ0) is 13.6. The molecule has 1 aliphatic heterocycles. The molecule has 0 radical (unpaired) electrons. The number of hydrogen-bond acceptors (Lipinski definition) is 2. The molecule has 0 unspecified atom stereocenters. The van der Waals surface area contributed by atoms with Gasteiger partial charge in [-0.05, 0) is 40.4 Å².